The summed E-state index contributed by atoms with van der Waals surface area (Å²) in [6, 6.07) is 1.91. The van der Waals surface area contributed by atoms with Crippen molar-refractivity contribution in [1.29, 1.82) is 0 Å². The SMILES string of the molecule is CCNC1CCCN(Cc2ccoc2)C1=O. The molecule has 16 heavy (non-hydrogen) atoms. The van der Waals surface area contributed by atoms with Gasteiger partial charge < -0.3 is 14.6 Å². The van der Waals surface area contributed by atoms with Gasteiger partial charge in [-0.2, -0.15) is 0 Å². The molecule has 0 saturated carbocycles. The summed E-state index contributed by atoms with van der Waals surface area (Å²) in [6.07, 6.45) is 5.37. The first-order valence-electron chi connectivity index (χ1n) is 5.84. The quantitative estimate of drug-likeness (QED) is 0.837. The van der Waals surface area contributed by atoms with E-state index in [2.05, 4.69) is 5.32 Å². The highest BCUT2D eigenvalue weighted by molar-refractivity contribution is 5.82. The molecule has 1 atom stereocenters. The Hall–Kier alpha value is -1.29. The van der Waals surface area contributed by atoms with Gasteiger partial charge in [-0.3, -0.25) is 4.79 Å². The minimum absolute atomic E-state index is 0.00523. The molecule has 1 saturated heterocycles. The molecule has 0 spiro atoms. The number of nitrogens with one attached hydrogen (secondary N) is 1. The molecule has 1 N–H and O–H groups in total. The van der Waals surface area contributed by atoms with E-state index in [0.29, 0.717) is 6.54 Å². The summed E-state index contributed by atoms with van der Waals surface area (Å²) < 4.78 is 5.01. The number of furan rings is 1. The Bertz CT molecular complexity index is 333. The number of likely N-dealkylation sites (tertiary alicyclic amines) is 1. The molecule has 4 heteroatoms. The number of hydrogen-bond donors (Lipinski definition) is 1. The van der Waals surface area contributed by atoms with E-state index in [1.165, 1.54) is 0 Å². The molecule has 1 aromatic heterocycles. The number of rotatable bonds is 4. The van der Waals surface area contributed by atoms with Gasteiger partial charge in [0.2, 0.25) is 5.91 Å². The lowest BCUT2D eigenvalue weighted by Gasteiger charge is -2.32. The zero-order valence-electron chi connectivity index (χ0n) is 9.61. The fourth-order valence-corrected chi connectivity index (χ4v) is 2.14. The molecule has 1 aliphatic heterocycles. The fourth-order valence-electron chi connectivity index (χ4n) is 2.14. The first-order valence-corrected chi connectivity index (χ1v) is 5.84. The number of piperidine rings is 1. The van der Waals surface area contributed by atoms with Crippen molar-refractivity contribution < 1.29 is 9.21 Å². The van der Waals surface area contributed by atoms with Crippen LogP contribution in [0.1, 0.15) is 25.3 Å². The molecule has 0 bridgehead atoms. The monoisotopic (exact) mass is 222 g/mol. The average Bonchev–Trinajstić information content (AvgIpc) is 2.77. The van der Waals surface area contributed by atoms with Crippen molar-refractivity contribution in [2.24, 2.45) is 0 Å². The highest BCUT2D eigenvalue weighted by atomic mass is 16.3. The minimum Gasteiger partial charge on any atom is -0.472 e. The van der Waals surface area contributed by atoms with Crippen molar-refractivity contribution in [3.8, 4) is 0 Å². The summed E-state index contributed by atoms with van der Waals surface area (Å²) in [5, 5.41) is 3.23. The van der Waals surface area contributed by atoms with Gasteiger partial charge in [-0.1, -0.05) is 6.92 Å². The van der Waals surface area contributed by atoms with E-state index < -0.39 is 0 Å². The molecule has 2 rings (SSSR count). The lowest BCUT2D eigenvalue weighted by atomic mass is 10.0. The van der Waals surface area contributed by atoms with Crippen molar-refractivity contribution in [2.45, 2.75) is 32.4 Å². The fraction of sp³-hybridized carbons (Fsp3) is 0.583. The smallest absolute Gasteiger partial charge is 0.240 e. The van der Waals surface area contributed by atoms with Crippen LogP contribution >= 0.6 is 0 Å². The maximum atomic E-state index is 12.1. The average molecular weight is 222 g/mol. The Morgan fingerprint density at radius 3 is 3.19 bits per heavy atom. The zero-order valence-corrected chi connectivity index (χ0v) is 9.61. The molecular formula is C12H18N2O2. The van der Waals surface area contributed by atoms with E-state index in [9.17, 15) is 4.79 Å². The third kappa shape index (κ3) is 2.44. The Balaban J connectivity index is 1.96. The number of nitrogens with zero attached hydrogens (tertiary/aromatic N) is 1. The lowest BCUT2D eigenvalue weighted by molar-refractivity contribution is -0.136. The van der Waals surface area contributed by atoms with Crippen molar-refractivity contribution in [1.82, 2.24) is 10.2 Å². The van der Waals surface area contributed by atoms with Crippen molar-refractivity contribution in [3.05, 3.63) is 24.2 Å². The number of carbonyl (C=O) groups excluding carboxylic acids is 1. The Morgan fingerprint density at radius 2 is 2.50 bits per heavy atom. The molecule has 1 fully saturated rings. The second-order valence-corrected chi connectivity index (χ2v) is 4.14. The van der Waals surface area contributed by atoms with Crippen LogP contribution in [-0.2, 0) is 11.3 Å². The van der Waals surface area contributed by atoms with Crippen LogP contribution in [0.5, 0.6) is 0 Å². The number of amides is 1. The predicted octanol–water partition coefficient (Wildman–Crippen LogP) is 1.38. The van der Waals surface area contributed by atoms with E-state index in [0.717, 1.165) is 31.5 Å². The number of hydrogen-bond acceptors (Lipinski definition) is 3. The Labute approximate surface area is 95.6 Å². The molecule has 1 unspecified atom stereocenters. The van der Waals surface area contributed by atoms with Crippen LogP contribution in [0.3, 0.4) is 0 Å². The third-order valence-corrected chi connectivity index (χ3v) is 2.93. The second-order valence-electron chi connectivity index (χ2n) is 4.14. The molecule has 4 nitrogen and oxygen atoms in total. The van der Waals surface area contributed by atoms with E-state index in [1.54, 1.807) is 12.5 Å². The number of likely N-dealkylation sites (N-methyl/N-ethyl adjacent to an activating group) is 1. The van der Waals surface area contributed by atoms with Gasteiger partial charge in [0.15, 0.2) is 0 Å². The Kier molecular flexibility index (Phi) is 3.62. The molecular weight excluding hydrogens is 204 g/mol. The van der Waals surface area contributed by atoms with Gasteiger partial charge >= 0.3 is 0 Å². The van der Waals surface area contributed by atoms with Crippen molar-refractivity contribution in [2.75, 3.05) is 13.1 Å². The molecule has 1 aliphatic rings. The summed E-state index contributed by atoms with van der Waals surface area (Å²) in [7, 11) is 0. The highest BCUT2D eigenvalue weighted by Gasteiger charge is 2.27. The van der Waals surface area contributed by atoms with Crippen LogP contribution in [0.2, 0.25) is 0 Å². The lowest BCUT2D eigenvalue weighted by Crippen LogP contribution is -2.50. The summed E-state index contributed by atoms with van der Waals surface area (Å²) in [5.41, 5.74) is 1.06. The van der Waals surface area contributed by atoms with Crippen LogP contribution in [-0.4, -0.2) is 29.9 Å². The summed E-state index contributed by atoms with van der Waals surface area (Å²) in [4.78, 5) is 14.0. The number of carbonyl (C=O) groups is 1. The largest absolute Gasteiger partial charge is 0.472 e. The minimum atomic E-state index is 0.00523. The van der Waals surface area contributed by atoms with E-state index in [4.69, 9.17) is 4.42 Å². The van der Waals surface area contributed by atoms with E-state index in [1.807, 2.05) is 17.9 Å². The predicted molar refractivity (Wildman–Crippen MR) is 60.8 cm³/mol. The first-order chi connectivity index (χ1) is 7.81. The van der Waals surface area contributed by atoms with Crippen LogP contribution in [0.25, 0.3) is 0 Å². The van der Waals surface area contributed by atoms with E-state index in [-0.39, 0.29) is 11.9 Å². The second kappa shape index (κ2) is 5.16. The maximum Gasteiger partial charge on any atom is 0.240 e. The van der Waals surface area contributed by atoms with Gasteiger partial charge in [-0.25, -0.2) is 0 Å². The molecule has 1 aromatic rings. The summed E-state index contributed by atoms with van der Waals surface area (Å²) >= 11 is 0. The molecule has 0 aromatic carbocycles. The first kappa shape index (κ1) is 11.2. The molecule has 2 heterocycles. The topological polar surface area (TPSA) is 45.5 Å². The van der Waals surface area contributed by atoms with Gasteiger partial charge in [-0.15, -0.1) is 0 Å². The summed E-state index contributed by atoms with van der Waals surface area (Å²) in [5.74, 6) is 0.217. The zero-order chi connectivity index (χ0) is 11.4. The summed E-state index contributed by atoms with van der Waals surface area (Å²) in [6.45, 7) is 4.39. The highest BCUT2D eigenvalue weighted by Crippen LogP contribution is 2.15. The molecule has 88 valence electrons. The van der Waals surface area contributed by atoms with Crippen LogP contribution < -0.4 is 5.32 Å². The third-order valence-electron chi connectivity index (χ3n) is 2.93. The Morgan fingerprint density at radius 1 is 1.62 bits per heavy atom. The van der Waals surface area contributed by atoms with Crippen molar-refractivity contribution in [3.63, 3.8) is 0 Å². The van der Waals surface area contributed by atoms with Crippen LogP contribution in [0, 0.1) is 0 Å². The normalized spacial score (nSPS) is 21.4. The molecule has 0 aliphatic carbocycles. The van der Waals surface area contributed by atoms with Crippen LogP contribution in [0.4, 0.5) is 0 Å². The van der Waals surface area contributed by atoms with Crippen LogP contribution in [0.15, 0.2) is 23.0 Å². The van der Waals surface area contributed by atoms with Gasteiger partial charge in [-0.05, 0) is 25.5 Å². The molecule has 1 amide bonds. The van der Waals surface area contributed by atoms with Gasteiger partial charge in [0.1, 0.15) is 0 Å². The van der Waals surface area contributed by atoms with Crippen molar-refractivity contribution >= 4 is 5.91 Å². The standard InChI is InChI=1S/C12H18N2O2/c1-2-13-11-4-3-6-14(12(11)15)8-10-5-7-16-9-10/h5,7,9,11,13H,2-4,6,8H2,1H3. The van der Waals surface area contributed by atoms with E-state index >= 15 is 0 Å². The maximum absolute atomic E-state index is 12.1. The van der Waals surface area contributed by atoms with Gasteiger partial charge in [0.05, 0.1) is 18.6 Å². The van der Waals surface area contributed by atoms with Gasteiger partial charge in [0.25, 0.3) is 0 Å². The van der Waals surface area contributed by atoms with Gasteiger partial charge in [0, 0.05) is 18.7 Å². The molecule has 0 radical (unpaired) electrons.